The normalized spacial score (nSPS) is 14.1. The lowest BCUT2D eigenvalue weighted by Gasteiger charge is -2.11. The lowest BCUT2D eigenvalue weighted by molar-refractivity contribution is 0.275. The second-order valence-corrected chi connectivity index (χ2v) is 4.64. The van der Waals surface area contributed by atoms with Crippen LogP contribution in [0.3, 0.4) is 0 Å². The molecular weight excluding hydrogens is 206 g/mol. The third-order valence-electron chi connectivity index (χ3n) is 1.68. The van der Waals surface area contributed by atoms with Crippen molar-refractivity contribution in [2.24, 2.45) is 0 Å². The Morgan fingerprint density at radius 3 is 2.93 bits per heavy atom. The van der Waals surface area contributed by atoms with Crippen LogP contribution in [0.2, 0.25) is 0 Å². The van der Waals surface area contributed by atoms with Crippen LogP contribution in [-0.2, 0) is 10.0 Å². The predicted molar refractivity (Wildman–Crippen MR) is 50.1 cm³/mol. The molecule has 0 aliphatic rings. The maximum absolute atomic E-state index is 11.5. The Morgan fingerprint density at radius 2 is 2.43 bits per heavy atom. The zero-order valence-corrected chi connectivity index (χ0v) is 8.58. The number of aliphatic hydroxyl groups excluding tert-OH is 1. The Balaban J connectivity index is 2.68. The second kappa shape index (κ2) is 4.54. The standard InChI is InChI=1S/C7H13N3O3S/c1-6(3-5-11)10-14(12,13)7-2-4-8-9-7/h2,4,6,10-11H,3,5H2,1H3,(H,8,9). The number of sulfonamides is 1. The van der Waals surface area contributed by atoms with Crippen LogP contribution in [0, 0.1) is 0 Å². The quantitative estimate of drug-likeness (QED) is 0.619. The number of hydrogen-bond acceptors (Lipinski definition) is 4. The van der Waals surface area contributed by atoms with Crippen molar-refractivity contribution in [2.75, 3.05) is 6.61 Å². The first-order valence-corrected chi connectivity index (χ1v) is 5.67. The molecule has 7 heteroatoms. The van der Waals surface area contributed by atoms with Gasteiger partial charge in [-0.05, 0) is 19.4 Å². The number of aromatic amines is 1. The molecule has 0 radical (unpaired) electrons. The summed E-state index contributed by atoms with van der Waals surface area (Å²) in [6.07, 6.45) is 1.75. The maximum atomic E-state index is 11.5. The molecule has 0 bridgehead atoms. The molecule has 0 amide bonds. The van der Waals surface area contributed by atoms with E-state index in [1.165, 1.54) is 12.3 Å². The first-order valence-electron chi connectivity index (χ1n) is 4.19. The van der Waals surface area contributed by atoms with E-state index in [0.717, 1.165) is 0 Å². The van der Waals surface area contributed by atoms with E-state index in [0.29, 0.717) is 6.42 Å². The van der Waals surface area contributed by atoms with E-state index in [1.54, 1.807) is 6.92 Å². The van der Waals surface area contributed by atoms with Crippen LogP contribution >= 0.6 is 0 Å². The van der Waals surface area contributed by atoms with Crippen LogP contribution in [0.1, 0.15) is 13.3 Å². The second-order valence-electron chi connectivity index (χ2n) is 2.96. The van der Waals surface area contributed by atoms with Gasteiger partial charge in [0.25, 0.3) is 10.0 Å². The first kappa shape index (κ1) is 11.2. The van der Waals surface area contributed by atoms with Crippen molar-refractivity contribution in [1.82, 2.24) is 14.9 Å². The molecule has 1 aromatic heterocycles. The van der Waals surface area contributed by atoms with Crippen molar-refractivity contribution in [3.8, 4) is 0 Å². The Kier molecular flexibility index (Phi) is 3.62. The Bertz CT molecular complexity index is 360. The molecule has 1 atom stereocenters. The van der Waals surface area contributed by atoms with Crippen molar-refractivity contribution in [2.45, 2.75) is 24.4 Å². The highest BCUT2D eigenvalue weighted by Crippen LogP contribution is 2.04. The molecule has 3 N–H and O–H groups in total. The van der Waals surface area contributed by atoms with Crippen LogP contribution < -0.4 is 4.72 Å². The minimum absolute atomic E-state index is 0.0299. The van der Waals surface area contributed by atoms with E-state index in [4.69, 9.17) is 5.11 Å². The lowest BCUT2D eigenvalue weighted by Crippen LogP contribution is -2.33. The average Bonchev–Trinajstić information content (AvgIpc) is 2.54. The van der Waals surface area contributed by atoms with Gasteiger partial charge in [0.05, 0.1) is 6.20 Å². The highest BCUT2D eigenvalue weighted by atomic mass is 32.2. The van der Waals surface area contributed by atoms with Crippen molar-refractivity contribution < 1.29 is 13.5 Å². The largest absolute Gasteiger partial charge is 0.396 e. The lowest BCUT2D eigenvalue weighted by atomic mass is 10.3. The summed E-state index contributed by atoms with van der Waals surface area (Å²) >= 11 is 0. The zero-order chi connectivity index (χ0) is 10.6. The van der Waals surface area contributed by atoms with Crippen LogP contribution in [0.5, 0.6) is 0 Å². The number of aromatic nitrogens is 2. The van der Waals surface area contributed by atoms with Gasteiger partial charge in [0.15, 0.2) is 5.03 Å². The molecular formula is C7H13N3O3S. The summed E-state index contributed by atoms with van der Waals surface area (Å²) in [6, 6.07) is 1.07. The van der Waals surface area contributed by atoms with Gasteiger partial charge >= 0.3 is 0 Å². The summed E-state index contributed by atoms with van der Waals surface area (Å²) in [7, 11) is -3.52. The van der Waals surface area contributed by atoms with Crippen molar-refractivity contribution in [1.29, 1.82) is 0 Å². The molecule has 0 spiro atoms. The van der Waals surface area contributed by atoms with E-state index in [-0.39, 0.29) is 17.7 Å². The van der Waals surface area contributed by atoms with Crippen LogP contribution in [0.4, 0.5) is 0 Å². The number of nitrogens with one attached hydrogen (secondary N) is 2. The zero-order valence-electron chi connectivity index (χ0n) is 7.77. The monoisotopic (exact) mass is 219 g/mol. The van der Waals surface area contributed by atoms with Gasteiger partial charge in [-0.3, -0.25) is 5.10 Å². The smallest absolute Gasteiger partial charge is 0.257 e. The molecule has 1 aromatic rings. The number of nitrogens with zero attached hydrogens (tertiary/aromatic N) is 1. The third-order valence-corrected chi connectivity index (χ3v) is 3.20. The molecule has 80 valence electrons. The molecule has 1 heterocycles. The summed E-state index contributed by atoms with van der Waals surface area (Å²) in [5, 5.41) is 14.5. The molecule has 0 aromatic carbocycles. The Labute approximate surface area is 82.4 Å². The minimum atomic E-state index is -3.52. The number of rotatable bonds is 5. The molecule has 0 aliphatic carbocycles. The molecule has 1 rings (SSSR count). The fourth-order valence-corrected chi connectivity index (χ4v) is 2.16. The third kappa shape index (κ3) is 2.79. The summed E-state index contributed by atoms with van der Waals surface area (Å²) in [6.45, 7) is 1.64. The first-order chi connectivity index (χ1) is 6.56. The fourth-order valence-electron chi connectivity index (χ4n) is 0.974. The van der Waals surface area contributed by atoms with Gasteiger partial charge in [0, 0.05) is 12.6 Å². The number of H-pyrrole nitrogens is 1. The van der Waals surface area contributed by atoms with E-state index in [1.807, 2.05) is 0 Å². The minimum Gasteiger partial charge on any atom is -0.396 e. The van der Waals surface area contributed by atoms with Gasteiger partial charge in [-0.1, -0.05) is 0 Å². The molecule has 0 saturated heterocycles. The van der Waals surface area contributed by atoms with E-state index in [2.05, 4.69) is 14.9 Å². The Morgan fingerprint density at radius 1 is 1.71 bits per heavy atom. The fraction of sp³-hybridized carbons (Fsp3) is 0.571. The molecule has 0 saturated carbocycles. The van der Waals surface area contributed by atoms with Gasteiger partial charge in [0.1, 0.15) is 0 Å². The van der Waals surface area contributed by atoms with Gasteiger partial charge in [-0.2, -0.15) is 5.10 Å². The van der Waals surface area contributed by atoms with Gasteiger partial charge in [-0.25, -0.2) is 13.1 Å². The molecule has 6 nitrogen and oxygen atoms in total. The van der Waals surface area contributed by atoms with Crippen LogP contribution in [-0.4, -0.2) is 36.4 Å². The maximum Gasteiger partial charge on any atom is 0.257 e. The van der Waals surface area contributed by atoms with Crippen molar-refractivity contribution in [3.63, 3.8) is 0 Å². The summed E-state index contributed by atoms with van der Waals surface area (Å²) < 4.78 is 25.4. The highest BCUT2D eigenvalue weighted by Gasteiger charge is 2.17. The van der Waals surface area contributed by atoms with E-state index >= 15 is 0 Å². The summed E-state index contributed by atoms with van der Waals surface area (Å²) in [5.41, 5.74) is 0. The van der Waals surface area contributed by atoms with Crippen LogP contribution in [0.15, 0.2) is 17.3 Å². The predicted octanol–water partition coefficient (Wildman–Crippen LogP) is -0.541. The van der Waals surface area contributed by atoms with Crippen molar-refractivity contribution >= 4 is 10.0 Å². The Hall–Kier alpha value is -0.920. The SMILES string of the molecule is CC(CCO)NS(=O)(=O)c1ccn[nH]1. The number of hydrogen-bond donors (Lipinski definition) is 3. The van der Waals surface area contributed by atoms with Gasteiger partial charge < -0.3 is 5.11 Å². The molecule has 0 aliphatic heterocycles. The van der Waals surface area contributed by atoms with Gasteiger partial charge in [0.2, 0.25) is 0 Å². The molecule has 14 heavy (non-hydrogen) atoms. The van der Waals surface area contributed by atoms with E-state index in [9.17, 15) is 8.42 Å². The van der Waals surface area contributed by atoms with Crippen LogP contribution in [0.25, 0.3) is 0 Å². The summed E-state index contributed by atoms with van der Waals surface area (Å²) in [4.78, 5) is 0. The number of aliphatic hydroxyl groups is 1. The van der Waals surface area contributed by atoms with Crippen molar-refractivity contribution in [3.05, 3.63) is 12.3 Å². The topological polar surface area (TPSA) is 95.1 Å². The van der Waals surface area contributed by atoms with Gasteiger partial charge in [-0.15, -0.1) is 0 Å². The average molecular weight is 219 g/mol. The van der Waals surface area contributed by atoms with E-state index < -0.39 is 10.0 Å². The highest BCUT2D eigenvalue weighted by molar-refractivity contribution is 7.89. The summed E-state index contributed by atoms with van der Waals surface area (Å²) in [5.74, 6) is 0. The molecule has 0 fully saturated rings. The molecule has 1 unspecified atom stereocenters.